The number of halogens is 1. The Morgan fingerprint density at radius 2 is 2.00 bits per heavy atom. The number of hydrogen-bond acceptors (Lipinski definition) is 8. The minimum atomic E-state index is -3.77. The number of nitrogen functional groups attached to an aromatic ring is 1. The maximum Gasteiger partial charge on any atom is 0.243 e. The lowest BCUT2D eigenvalue weighted by molar-refractivity contribution is -0.129. The Morgan fingerprint density at radius 3 is 2.62 bits per heavy atom. The molecule has 2 N–H and O–H groups in total. The molecule has 0 spiro atoms. The molecule has 0 atom stereocenters. The lowest BCUT2D eigenvalue weighted by atomic mass is 10.3. The van der Waals surface area contributed by atoms with Gasteiger partial charge in [0.25, 0.3) is 0 Å². The van der Waals surface area contributed by atoms with Crippen LogP contribution in [-0.4, -0.2) is 65.7 Å². The number of carbonyl (C=O) groups is 1. The molecular weight excluding hydrogens is 401 g/mol. The molecule has 1 amide bonds. The molecule has 8 nitrogen and oxygen atoms in total. The first kappa shape index (κ1) is 19.0. The van der Waals surface area contributed by atoms with Gasteiger partial charge in [-0.3, -0.25) is 4.79 Å². The highest BCUT2D eigenvalue weighted by Gasteiger charge is 2.30. The fraction of sp³-hybridized carbons (Fsp3) is 0.357. The van der Waals surface area contributed by atoms with Crippen molar-refractivity contribution in [2.75, 3.05) is 37.7 Å². The van der Waals surface area contributed by atoms with Crippen LogP contribution in [0.2, 0.25) is 0 Å². The SMILES string of the molecule is Nc1nnc(SCC(=O)N2CCN(S(=O)(=O)c3cccc(F)c3)CC2)s1. The summed E-state index contributed by atoms with van der Waals surface area (Å²) >= 11 is 2.46. The molecule has 1 saturated heterocycles. The van der Waals surface area contributed by atoms with E-state index in [1.165, 1.54) is 45.6 Å². The zero-order valence-electron chi connectivity index (χ0n) is 13.5. The van der Waals surface area contributed by atoms with Gasteiger partial charge >= 0.3 is 0 Å². The summed E-state index contributed by atoms with van der Waals surface area (Å²) in [6, 6.07) is 4.91. The zero-order chi connectivity index (χ0) is 18.7. The van der Waals surface area contributed by atoms with Gasteiger partial charge in [0.1, 0.15) is 5.82 Å². The van der Waals surface area contributed by atoms with Crippen molar-refractivity contribution < 1.29 is 17.6 Å². The van der Waals surface area contributed by atoms with E-state index in [1.807, 2.05) is 0 Å². The molecular formula is C14H16FN5O3S3. The highest BCUT2D eigenvalue weighted by molar-refractivity contribution is 8.01. The number of amides is 1. The van der Waals surface area contributed by atoms with Crippen LogP contribution in [-0.2, 0) is 14.8 Å². The van der Waals surface area contributed by atoms with Crippen LogP contribution >= 0.6 is 23.1 Å². The number of nitrogens with zero attached hydrogens (tertiary/aromatic N) is 4. The van der Waals surface area contributed by atoms with Gasteiger partial charge in [0.2, 0.25) is 21.1 Å². The number of benzene rings is 1. The fourth-order valence-corrected chi connectivity index (χ4v) is 5.44. The highest BCUT2D eigenvalue weighted by atomic mass is 32.2. The van der Waals surface area contributed by atoms with Gasteiger partial charge in [0.15, 0.2) is 4.34 Å². The molecule has 1 fully saturated rings. The molecule has 140 valence electrons. The van der Waals surface area contributed by atoms with Crippen molar-refractivity contribution in [3.63, 3.8) is 0 Å². The second kappa shape index (κ2) is 7.86. The summed E-state index contributed by atoms with van der Waals surface area (Å²) in [5.41, 5.74) is 5.49. The summed E-state index contributed by atoms with van der Waals surface area (Å²) in [4.78, 5) is 13.8. The Hall–Kier alpha value is -1.76. The third-order valence-electron chi connectivity index (χ3n) is 3.77. The van der Waals surface area contributed by atoms with E-state index < -0.39 is 15.8 Å². The Balaban J connectivity index is 1.55. The Labute approximate surface area is 158 Å². The van der Waals surface area contributed by atoms with E-state index in [0.29, 0.717) is 9.47 Å². The molecule has 0 aliphatic carbocycles. The van der Waals surface area contributed by atoms with Crippen molar-refractivity contribution in [1.29, 1.82) is 0 Å². The predicted molar refractivity (Wildman–Crippen MR) is 96.8 cm³/mol. The lowest BCUT2D eigenvalue weighted by Crippen LogP contribution is -2.50. The van der Waals surface area contributed by atoms with Gasteiger partial charge in [-0.1, -0.05) is 29.2 Å². The largest absolute Gasteiger partial charge is 0.374 e. The van der Waals surface area contributed by atoms with Crippen LogP contribution in [0.1, 0.15) is 0 Å². The van der Waals surface area contributed by atoms with E-state index in [2.05, 4.69) is 10.2 Å². The number of thioether (sulfide) groups is 1. The second-order valence-corrected chi connectivity index (χ2v) is 9.61. The highest BCUT2D eigenvalue weighted by Crippen LogP contribution is 2.24. The van der Waals surface area contributed by atoms with Crippen LogP contribution in [0.15, 0.2) is 33.5 Å². The first-order valence-corrected chi connectivity index (χ1v) is 10.9. The Bertz CT molecular complexity index is 897. The van der Waals surface area contributed by atoms with E-state index in [-0.39, 0.29) is 42.7 Å². The van der Waals surface area contributed by atoms with Gasteiger partial charge in [-0.2, -0.15) is 4.31 Å². The van der Waals surface area contributed by atoms with Crippen molar-refractivity contribution >= 4 is 44.2 Å². The molecule has 1 aliphatic rings. The van der Waals surface area contributed by atoms with Crippen molar-refractivity contribution in [2.45, 2.75) is 9.24 Å². The number of anilines is 1. The number of piperazine rings is 1. The van der Waals surface area contributed by atoms with Crippen molar-refractivity contribution in [2.24, 2.45) is 0 Å². The molecule has 1 aromatic carbocycles. The normalized spacial score (nSPS) is 16.0. The maximum atomic E-state index is 13.3. The van der Waals surface area contributed by atoms with E-state index in [4.69, 9.17) is 5.73 Å². The average Bonchev–Trinajstić information content (AvgIpc) is 3.05. The summed E-state index contributed by atoms with van der Waals surface area (Å²) in [5, 5.41) is 7.86. The van der Waals surface area contributed by atoms with Crippen LogP contribution in [0.4, 0.5) is 9.52 Å². The Kier molecular flexibility index (Phi) is 5.75. The van der Waals surface area contributed by atoms with E-state index in [1.54, 1.807) is 4.90 Å². The van der Waals surface area contributed by atoms with Crippen molar-refractivity contribution in [3.8, 4) is 0 Å². The summed E-state index contributed by atoms with van der Waals surface area (Å²) in [5.74, 6) is -0.522. The zero-order valence-corrected chi connectivity index (χ0v) is 16.0. The third-order valence-corrected chi connectivity index (χ3v) is 7.53. The smallest absolute Gasteiger partial charge is 0.243 e. The topological polar surface area (TPSA) is 109 Å². The molecule has 0 saturated carbocycles. The Morgan fingerprint density at radius 1 is 1.27 bits per heavy atom. The number of hydrogen-bond donors (Lipinski definition) is 1. The number of rotatable bonds is 5. The number of aromatic nitrogens is 2. The van der Waals surface area contributed by atoms with E-state index >= 15 is 0 Å². The van der Waals surface area contributed by atoms with Crippen molar-refractivity contribution in [1.82, 2.24) is 19.4 Å². The van der Waals surface area contributed by atoms with Gasteiger partial charge in [-0.25, -0.2) is 12.8 Å². The molecule has 2 aromatic rings. The van der Waals surface area contributed by atoms with Gasteiger partial charge in [0.05, 0.1) is 10.6 Å². The number of nitrogens with two attached hydrogens (primary N) is 1. The minimum Gasteiger partial charge on any atom is -0.374 e. The molecule has 2 heterocycles. The van der Waals surface area contributed by atoms with Gasteiger partial charge < -0.3 is 10.6 Å². The van der Waals surface area contributed by atoms with Crippen LogP contribution < -0.4 is 5.73 Å². The third kappa shape index (κ3) is 4.31. The molecule has 12 heteroatoms. The molecule has 26 heavy (non-hydrogen) atoms. The molecule has 0 bridgehead atoms. The van der Waals surface area contributed by atoms with Crippen LogP contribution in [0.3, 0.4) is 0 Å². The molecule has 3 rings (SSSR count). The summed E-state index contributed by atoms with van der Waals surface area (Å²) in [6.45, 7) is 0.903. The summed E-state index contributed by atoms with van der Waals surface area (Å²) in [6.07, 6.45) is 0. The van der Waals surface area contributed by atoms with Crippen LogP contribution in [0.5, 0.6) is 0 Å². The molecule has 0 unspecified atom stereocenters. The summed E-state index contributed by atoms with van der Waals surface area (Å²) in [7, 11) is -3.77. The second-order valence-electron chi connectivity index (χ2n) is 5.44. The molecule has 1 aliphatic heterocycles. The maximum absolute atomic E-state index is 13.3. The standard InChI is InChI=1S/C14H16FN5O3S3/c15-10-2-1-3-11(8-10)26(22,23)20-6-4-19(5-7-20)12(21)9-24-14-18-17-13(16)25-14/h1-3,8H,4-7,9H2,(H2,16,17). The monoisotopic (exact) mass is 417 g/mol. The van der Waals surface area contributed by atoms with Gasteiger partial charge in [-0.05, 0) is 18.2 Å². The van der Waals surface area contributed by atoms with E-state index in [9.17, 15) is 17.6 Å². The molecule has 1 aromatic heterocycles. The van der Waals surface area contributed by atoms with E-state index in [0.717, 1.165) is 6.07 Å². The first-order valence-electron chi connectivity index (χ1n) is 7.61. The average molecular weight is 418 g/mol. The fourth-order valence-electron chi connectivity index (χ4n) is 2.45. The minimum absolute atomic E-state index is 0.0818. The van der Waals surface area contributed by atoms with Crippen LogP contribution in [0.25, 0.3) is 0 Å². The van der Waals surface area contributed by atoms with Gasteiger partial charge in [-0.15, -0.1) is 10.2 Å². The number of sulfonamides is 1. The van der Waals surface area contributed by atoms with Gasteiger partial charge in [0, 0.05) is 26.2 Å². The lowest BCUT2D eigenvalue weighted by Gasteiger charge is -2.34. The van der Waals surface area contributed by atoms with Crippen LogP contribution in [0, 0.1) is 5.82 Å². The summed E-state index contributed by atoms with van der Waals surface area (Å²) < 4.78 is 40.3. The molecule has 0 radical (unpaired) electrons. The first-order chi connectivity index (χ1) is 12.4. The van der Waals surface area contributed by atoms with Crippen molar-refractivity contribution in [3.05, 3.63) is 30.1 Å². The quantitative estimate of drug-likeness (QED) is 0.719. The predicted octanol–water partition coefficient (Wildman–Crippen LogP) is 0.885. The number of carbonyl (C=O) groups excluding carboxylic acids is 1.